The molecule has 2 aromatic rings. The Morgan fingerprint density at radius 3 is 2.50 bits per heavy atom. The smallest absolute Gasteiger partial charge is 0.488 e. The van der Waals surface area contributed by atoms with Crippen molar-refractivity contribution >= 4 is 36.2 Å². The first-order chi connectivity index (χ1) is 19.2. The third-order valence-electron chi connectivity index (χ3n) is 7.94. The molecule has 0 unspecified atom stereocenters. The van der Waals surface area contributed by atoms with Crippen LogP contribution in [0.2, 0.25) is 0 Å². The van der Waals surface area contributed by atoms with Crippen molar-refractivity contribution in [2.75, 3.05) is 25.2 Å². The van der Waals surface area contributed by atoms with Crippen LogP contribution in [0.15, 0.2) is 65.3 Å². The lowest BCUT2D eigenvalue weighted by Gasteiger charge is -2.36. The number of amides is 2. The van der Waals surface area contributed by atoms with Crippen molar-refractivity contribution < 1.29 is 39.7 Å². The lowest BCUT2D eigenvalue weighted by atomic mass is 9.68. The van der Waals surface area contributed by atoms with Gasteiger partial charge in [-0.15, -0.1) is 0 Å². The highest BCUT2D eigenvalue weighted by Crippen LogP contribution is 2.47. The molecule has 4 rings (SSSR count). The van der Waals surface area contributed by atoms with Crippen LogP contribution in [0.4, 0.5) is 5.69 Å². The van der Waals surface area contributed by atoms with E-state index in [-0.39, 0.29) is 29.9 Å². The predicted molar refractivity (Wildman–Crippen MR) is 151 cm³/mol. The molecule has 2 aromatic carbocycles. The molecule has 0 aromatic heterocycles. The Morgan fingerprint density at radius 2 is 1.88 bits per heavy atom. The number of rotatable bonds is 11. The first-order valence-corrected chi connectivity index (χ1v) is 13.5. The fourth-order valence-electron chi connectivity index (χ4n) is 5.98. The Kier molecular flexibility index (Phi) is 9.60. The van der Waals surface area contributed by atoms with Crippen molar-refractivity contribution in [1.29, 1.82) is 0 Å². The van der Waals surface area contributed by atoms with Crippen molar-refractivity contribution in [3.63, 3.8) is 0 Å². The zero-order chi connectivity index (χ0) is 29.0. The Labute approximate surface area is 234 Å². The van der Waals surface area contributed by atoms with Gasteiger partial charge in [0.1, 0.15) is 5.75 Å². The number of phenols is 1. The van der Waals surface area contributed by atoms with Crippen LogP contribution in [0.25, 0.3) is 6.08 Å². The summed E-state index contributed by atoms with van der Waals surface area (Å²) < 4.78 is 5.41. The second kappa shape index (κ2) is 12.9. The minimum absolute atomic E-state index is 0.146. The number of carbonyl (C=O) groups is 2. The minimum atomic E-state index is -1.76. The molecular formula is C30H36BNO8. The average molecular weight is 549 g/mol. The number of benzene rings is 2. The van der Waals surface area contributed by atoms with Gasteiger partial charge in [0.05, 0.1) is 36.8 Å². The molecule has 2 aliphatic rings. The van der Waals surface area contributed by atoms with Gasteiger partial charge in [-0.3, -0.25) is 14.5 Å². The molecule has 1 heterocycles. The van der Waals surface area contributed by atoms with Gasteiger partial charge >= 0.3 is 7.12 Å². The van der Waals surface area contributed by atoms with E-state index in [1.807, 2.05) is 25.1 Å². The second-order valence-electron chi connectivity index (χ2n) is 10.4. The molecule has 0 spiro atoms. The lowest BCUT2D eigenvalue weighted by Crippen LogP contribution is -2.40. The molecular weight excluding hydrogens is 513 g/mol. The Balaban J connectivity index is 1.60. The van der Waals surface area contributed by atoms with E-state index in [9.17, 15) is 35.0 Å². The molecule has 1 aliphatic carbocycles. The number of anilines is 1. The molecule has 212 valence electrons. The maximum absolute atomic E-state index is 13.7. The van der Waals surface area contributed by atoms with Crippen LogP contribution >= 0.6 is 0 Å². The molecule has 40 heavy (non-hydrogen) atoms. The van der Waals surface area contributed by atoms with Crippen LogP contribution in [-0.2, 0) is 14.3 Å². The first-order valence-electron chi connectivity index (χ1n) is 13.5. The molecule has 9 nitrogen and oxygen atoms in total. The highest BCUT2D eigenvalue weighted by atomic mass is 16.5. The van der Waals surface area contributed by atoms with E-state index in [2.05, 4.69) is 0 Å². The largest absolute Gasteiger partial charge is 0.508 e. The van der Waals surface area contributed by atoms with Crippen molar-refractivity contribution in [1.82, 2.24) is 0 Å². The van der Waals surface area contributed by atoms with Crippen LogP contribution in [-0.4, -0.2) is 70.7 Å². The SMILES string of the molecule is CC/C(=C\c1ccc(O)cc1)CC[C@@H](O)C1=C(COC)C[C@H]2C(=O)N(c3cccc(B(O)O)c3)C(=O)[C@H]2[C@H]1CO. The molecule has 5 N–H and O–H groups in total. The zero-order valence-corrected chi connectivity index (χ0v) is 22.7. The van der Waals surface area contributed by atoms with E-state index >= 15 is 0 Å². The van der Waals surface area contributed by atoms with Crippen LogP contribution in [0.1, 0.15) is 38.2 Å². The topological polar surface area (TPSA) is 148 Å². The van der Waals surface area contributed by atoms with Gasteiger partial charge in [-0.25, -0.2) is 0 Å². The third-order valence-corrected chi connectivity index (χ3v) is 7.94. The van der Waals surface area contributed by atoms with Gasteiger partial charge in [-0.1, -0.05) is 42.8 Å². The Morgan fingerprint density at radius 1 is 1.15 bits per heavy atom. The van der Waals surface area contributed by atoms with Gasteiger partial charge in [0.15, 0.2) is 0 Å². The number of methoxy groups -OCH3 is 1. The van der Waals surface area contributed by atoms with Crippen LogP contribution in [0, 0.1) is 17.8 Å². The fourth-order valence-corrected chi connectivity index (χ4v) is 5.98. The molecule has 1 saturated heterocycles. The van der Waals surface area contributed by atoms with Gasteiger partial charge in [-0.05, 0) is 72.1 Å². The summed E-state index contributed by atoms with van der Waals surface area (Å²) in [6.45, 7) is 1.76. The number of nitrogens with zero attached hydrogens (tertiary/aromatic N) is 1. The summed E-state index contributed by atoms with van der Waals surface area (Å²) in [6, 6.07) is 12.8. The summed E-state index contributed by atoms with van der Waals surface area (Å²) in [5.74, 6) is -3.08. The maximum Gasteiger partial charge on any atom is 0.488 e. The number of aliphatic hydroxyl groups excluding tert-OH is 2. The fraction of sp³-hybridized carbons (Fsp3) is 0.400. The van der Waals surface area contributed by atoms with E-state index in [1.54, 1.807) is 18.2 Å². The normalized spacial score (nSPS) is 22.1. The summed E-state index contributed by atoms with van der Waals surface area (Å²) in [4.78, 5) is 28.3. The summed E-state index contributed by atoms with van der Waals surface area (Å²) in [5, 5.41) is 50.6. The van der Waals surface area contributed by atoms with Crippen LogP contribution < -0.4 is 10.4 Å². The van der Waals surface area contributed by atoms with Crippen LogP contribution in [0.5, 0.6) is 5.75 Å². The van der Waals surface area contributed by atoms with Gasteiger partial charge in [0.2, 0.25) is 11.8 Å². The van der Waals surface area contributed by atoms with Crippen LogP contribution in [0.3, 0.4) is 0 Å². The Bertz CT molecular complexity index is 1290. The Hall–Kier alpha value is -3.28. The molecule has 1 fully saturated rings. The van der Waals surface area contributed by atoms with Crippen molar-refractivity contribution in [2.45, 2.75) is 38.7 Å². The van der Waals surface area contributed by atoms with Gasteiger partial charge in [0.25, 0.3) is 0 Å². The molecule has 0 radical (unpaired) electrons. The number of hydrogen-bond acceptors (Lipinski definition) is 8. The highest BCUT2D eigenvalue weighted by Gasteiger charge is 2.55. The average Bonchev–Trinajstić information content (AvgIpc) is 3.20. The first kappa shape index (κ1) is 29.7. The number of phenolic OH excluding ortho intramolecular Hbond substituents is 1. The predicted octanol–water partition coefficient (Wildman–Crippen LogP) is 1.77. The second-order valence-corrected chi connectivity index (χ2v) is 10.4. The van der Waals surface area contributed by atoms with Crippen molar-refractivity contribution in [3.05, 3.63) is 70.8 Å². The number of imide groups is 1. The van der Waals surface area contributed by atoms with E-state index in [0.717, 1.165) is 22.5 Å². The molecule has 1 aliphatic heterocycles. The standard InChI is InChI=1S/C30H36BNO8/c1-3-18(13-19-7-10-23(34)11-8-19)9-12-26(35)27-20(17-40-2)14-24-28(25(27)16-33)30(37)32(29(24)36)22-6-4-5-21(15-22)31(38)39/h4-8,10-11,13,15,24-26,28,33-35,38-39H,3,9,12,14,16-17H2,1-2H3/b18-13+/t24-,25+,26-,28-/m1/s1. The molecule has 0 saturated carbocycles. The quantitative estimate of drug-likeness (QED) is 0.162. The number of fused-ring (bicyclic) bond motifs is 1. The van der Waals surface area contributed by atoms with E-state index in [0.29, 0.717) is 24.0 Å². The summed E-state index contributed by atoms with van der Waals surface area (Å²) in [6.07, 6.45) is 2.97. The number of ether oxygens (including phenoxy) is 1. The summed E-state index contributed by atoms with van der Waals surface area (Å²) in [5.41, 5.74) is 3.66. The lowest BCUT2D eigenvalue weighted by molar-refractivity contribution is -0.123. The molecule has 0 bridgehead atoms. The van der Waals surface area contributed by atoms with Gasteiger partial charge in [0, 0.05) is 13.0 Å². The number of aromatic hydroxyl groups is 1. The summed E-state index contributed by atoms with van der Waals surface area (Å²) >= 11 is 0. The third kappa shape index (κ3) is 6.06. The molecule has 2 amide bonds. The van der Waals surface area contributed by atoms with E-state index < -0.39 is 49.4 Å². The van der Waals surface area contributed by atoms with Gasteiger partial charge < -0.3 is 30.1 Å². The maximum atomic E-state index is 13.7. The number of hydrogen-bond donors (Lipinski definition) is 5. The van der Waals surface area contributed by atoms with E-state index in [4.69, 9.17) is 4.74 Å². The van der Waals surface area contributed by atoms with E-state index in [1.165, 1.54) is 25.3 Å². The number of aliphatic hydroxyl groups is 2. The monoisotopic (exact) mass is 549 g/mol. The molecule has 4 atom stereocenters. The molecule has 10 heteroatoms. The number of carbonyl (C=O) groups excluding carboxylic acids is 2. The zero-order valence-electron chi connectivity index (χ0n) is 22.7. The van der Waals surface area contributed by atoms with Gasteiger partial charge in [-0.2, -0.15) is 0 Å². The summed E-state index contributed by atoms with van der Waals surface area (Å²) in [7, 11) is -0.236. The van der Waals surface area contributed by atoms with Crippen molar-refractivity contribution in [3.8, 4) is 5.75 Å². The van der Waals surface area contributed by atoms with Crippen molar-refractivity contribution in [2.24, 2.45) is 17.8 Å². The number of allylic oxidation sites excluding steroid dienone is 1. The minimum Gasteiger partial charge on any atom is -0.508 e. The highest BCUT2D eigenvalue weighted by molar-refractivity contribution is 6.58.